The van der Waals surface area contributed by atoms with Gasteiger partial charge >= 0.3 is 12.1 Å². The monoisotopic (exact) mass is 317 g/mol. The number of hydrogen-bond acceptors (Lipinski definition) is 5. The molecule has 1 aromatic heterocycles. The number of hydrogen-bond donors (Lipinski definition) is 2. The molecule has 1 aromatic carbocycles. The van der Waals surface area contributed by atoms with E-state index in [1.165, 1.54) is 0 Å². The molecule has 0 amide bonds. The van der Waals surface area contributed by atoms with Gasteiger partial charge in [0.25, 0.3) is 0 Å². The topological polar surface area (TPSA) is 75.1 Å². The van der Waals surface area contributed by atoms with Crippen LogP contribution in [0.25, 0.3) is 0 Å². The second-order valence-electron chi connectivity index (χ2n) is 4.14. The van der Waals surface area contributed by atoms with Crippen LogP contribution in [0.5, 0.6) is 0 Å². The summed E-state index contributed by atoms with van der Waals surface area (Å²) < 4.78 is 37.2. The zero-order valence-electron chi connectivity index (χ0n) is 10.5. The molecule has 0 radical (unpaired) electrons. The molecule has 112 valence electrons. The molecule has 5 nitrogen and oxygen atoms in total. The standard InChI is InChI=1S/C12H10F3N3O2S/c13-12(14,15)10-17-18-11(21-10)16-8(9(19)20)6-7-4-2-1-3-5-7/h1-5,8H,6H2,(H,16,18)(H,19,20)/t8-/m0/s1. The van der Waals surface area contributed by atoms with Gasteiger partial charge in [0, 0.05) is 6.42 Å². The Labute approximate surface area is 121 Å². The lowest BCUT2D eigenvalue weighted by molar-refractivity contribution is -0.138. The molecule has 1 heterocycles. The Morgan fingerprint density at radius 1 is 1.29 bits per heavy atom. The molecule has 1 atom stereocenters. The molecular weight excluding hydrogens is 307 g/mol. The number of aromatic nitrogens is 2. The fourth-order valence-corrected chi connectivity index (χ4v) is 2.26. The first-order valence-electron chi connectivity index (χ1n) is 5.80. The van der Waals surface area contributed by atoms with Gasteiger partial charge in [-0.3, -0.25) is 0 Å². The van der Waals surface area contributed by atoms with E-state index in [0.29, 0.717) is 0 Å². The third-order valence-electron chi connectivity index (χ3n) is 2.55. The number of rotatable bonds is 5. The minimum Gasteiger partial charge on any atom is -0.480 e. The maximum absolute atomic E-state index is 12.4. The molecule has 0 bridgehead atoms. The predicted molar refractivity (Wildman–Crippen MR) is 70.1 cm³/mol. The van der Waals surface area contributed by atoms with Crippen LogP contribution in [-0.4, -0.2) is 27.3 Å². The predicted octanol–water partition coefficient (Wildman–Crippen LogP) is 2.66. The molecule has 0 aliphatic heterocycles. The molecule has 0 saturated carbocycles. The molecule has 0 aliphatic carbocycles. The van der Waals surface area contributed by atoms with E-state index in [2.05, 4.69) is 15.5 Å². The molecule has 0 aliphatic rings. The van der Waals surface area contributed by atoms with Crippen LogP contribution in [0, 0.1) is 0 Å². The largest absolute Gasteiger partial charge is 0.480 e. The summed E-state index contributed by atoms with van der Waals surface area (Å²) in [6.45, 7) is 0. The first-order valence-corrected chi connectivity index (χ1v) is 6.62. The van der Waals surface area contributed by atoms with Gasteiger partial charge in [0.05, 0.1) is 0 Å². The fourth-order valence-electron chi connectivity index (χ4n) is 1.60. The first-order chi connectivity index (χ1) is 9.86. The lowest BCUT2D eigenvalue weighted by Gasteiger charge is -2.13. The van der Waals surface area contributed by atoms with Crippen molar-refractivity contribution in [1.82, 2.24) is 10.2 Å². The number of nitrogens with one attached hydrogen (secondary N) is 1. The number of aliphatic carboxylic acids is 1. The Bertz CT molecular complexity index is 616. The van der Waals surface area contributed by atoms with Crippen LogP contribution < -0.4 is 5.32 Å². The highest BCUT2D eigenvalue weighted by Gasteiger charge is 2.36. The zero-order chi connectivity index (χ0) is 15.5. The van der Waals surface area contributed by atoms with Crippen molar-refractivity contribution < 1.29 is 23.1 Å². The molecule has 0 fully saturated rings. The van der Waals surface area contributed by atoms with Gasteiger partial charge in [0.15, 0.2) is 0 Å². The van der Waals surface area contributed by atoms with E-state index in [1.54, 1.807) is 30.3 Å². The Morgan fingerprint density at radius 2 is 1.95 bits per heavy atom. The SMILES string of the molecule is O=C(O)[C@H](Cc1ccccc1)Nc1nnc(C(F)(F)F)s1. The lowest BCUT2D eigenvalue weighted by atomic mass is 10.1. The molecule has 2 aromatic rings. The van der Waals surface area contributed by atoms with E-state index < -0.39 is 23.2 Å². The highest BCUT2D eigenvalue weighted by Crippen LogP contribution is 2.33. The summed E-state index contributed by atoms with van der Waals surface area (Å²) in [7, 11) is 0. The summed E-state index contributed by atoms with van der Waals surface area (Å²) >= 11 is 0.274. The summed E-state index contributed by atoms with van der Waals surface area (Å²) in [5.41, 5.74) is 0.748. The molecule has 0 saturated heterocycles. The van der Waals surface area contributed by atoms with E-state index in [-0.39, 0.29) is 22.9 Å². The zero-order valence-corrected chi connectivity index (χ0v) is 11.3. The number of alkyl halides is 3. The normalized spacial score (nSPS) is 12.9. The van der Waals surface area contributed by atoms with E-state index in [9.17, 15) is 18.0 Å². The summed E-state index contributed by atoms with van der Waals surface area (Å²) in [5, 5.41) is 16.6. The third kappa shape index (κ3) is 4.15. The molecule has 2 rings (SSSR count). The molecule has 2 N–H and O–H groups in total. The first kappa shape index (κ1) is 15.2. The number of nitrogens with zero attached hydrogens (tertiary/aromatic N) is 2. The third-order valence-corrected chi connectivity index (χ3v) is 3.45. The average molecular weight is 317 g/mol. The fraction of sp³-hybridized carbons (Fsp3) is 0.250. The van der Waals surface area contributed by atoms with Gasteiger partial charge in [-0.2, -0.15) is 13.2 Å². The maximum atomic E-state index is 12.4. The van der Waals surface area contributed by atoms with Crippen molar-refractivity contribution in [2.75, 3.05) is 5.32 Å². The van der Waals surface area contributed by atoms with Gasteiger partial charge in [-0.15, -0.1) is 10.2 Å². The Balaban J connectivity index is 2.10. The second kappa shape index (κ2) is 6.08. The van der Waals surface area contributed by atoms with Crippen molar-refractivity contribution in [2.45, 2.75) is 18.6 Å². The van der Waals surface area contributed by atoms with Crippen molar-refractivity contribution in [3.63, 3.8) is 0 Å². The highest BCUT2D eigenvalue weighted by atomic mass is 32.1. The van der Waals surface area contributed by atoms with Crippen LogP contribution in [-0.2, 0) is 17.4 Å². The van der Waals surface area contributed by atoms with Crippen molar-refractivity contribution in [2.24, 2.45) is 0 Å². The van der Waals surface area contributed by atoms with E-state index >= 15 is 0 Å². The van der Waals surface area contributed by atoms with Gasteiger partial charge < -0.3 is 10.4 Å². The van der Waals surface area contributed by atoms with Crippen molar-refractivity contribution in [3.8, 4) is 0 Å². The quantitative estimate of drug-likeness (QED) is 0.887. The lowest BCUT2D eigenvalue weighted by Crippen LogP contribution is -2.31. The Hall–Kier alpha value is -2.16. The molecular formula is C12H10F3N3O2S. The Kier molecular flexibility index (Phi) is 4.41. The number of carboxylic acid groups (broad SMARTS) is 1. The minimum absolute atomic E-state index is 0.122. The summed E-state index contributed by atoms with van der Waals surface area (Å²) in [6.07, 6.45) is -4.47. The Morgan fingerprint density at radius 3 is 2.48 bits per heavy atom. The van der Waals surface area contributed by atoms with E-state index in [1.807, 2.05) is 0 Å². The van der Waals surface area contributed by atoms with Gasteiger partial charge in [-0.05, 0) is 5.56 Å². The van der Waals surface area contributed by atoms with Gasteiger partial charge in [-0.1, -0.05) is 41.7 Å². The van der Waals surface area contributed by atoms with Crippen LogP contribution in [0.1, 0.15) is 10.6 Å². The molecule has 0 unspecified atom stereocenters. The number of halogens is 3. The van der Waals surface area contributed by atoms with Crippen LogP contribution in [0.4, 0.5) is 18.3 Å². The molecule has 0 spiro atoms. The summed E-state index contributed by atoms with van der Waals surface area (Å²) in [4.78, 5) is 11.2. The van der Waals surface area contributed by atoms with Gasteiger partial charge in [0.1, 0.15) is 6.04 Å². The summed E-state index contributed by atoms with van der Waals surface area (Å²) in [5.74, 6) is -1.18. The van der Waals surface area contributed by atoms with Crippen LogP contribution in [0.2, 0.25) is 0 Å². The summed E-state index contributed by atoms with van der Waals surface area (Å²) in [6, 6.07) is 7.67. The van der Waals surface area contributed by atoms with Gasteiger partial charge in [0.2, 0.25) is 10.1 Å². The maximum Gasteiger partial charge on any atom is 0.445 e. The smallest absolute Gasteiger partial charge is 0.445 e. The highest BCUT2D eigenvalue weighted by molar-refractivity contribution is 7.15. The number of carbonyl (C=O) groups is 1. The molecule has 21 heavy (non-hydrogen) atoms. The average Bonchev–Trinajstić information content (AvgIpc) is 2.87. The van der Waals surface area contributed by atoms with E-state index in [0.717, 1.165) is 5.56 Å². The second-order valence-corrected chi connectivity index (χ2v) is 5.11. The van der Waals surface area contributed by atoms with Crippen LogP contribution >= 0.6 is 11.3 Å². The van der Waals surface area contributed by atoms with Crippen LogP contribution in [0.3, 0.4) is 0 Å². The van der Waals surface area contributed by atoms with E-state index in [4.69, 9.17) is 5.11 Å². The molecule has 9 heteroatoms. The van der Waals surface area contributed by atoms with Crippen molar-refractivity contribution in [1.29, 1.82) is 0 Å². The number of carboxylic acids is 1. The minimum atomic E-state index is -4.59. The number of benzene rings is 1. The number of anilines is 1. The van der Waals surface area contributed by atoms with Crippen molar-refractivity contribution in [3.05, 3.63) is 40.9 Å². The van der Waals surface area contributed by atoms with Crippen LogP contribution in [0.15, 0.2) is 30.3 Å². The van der Waals surface area contributed by atoms with Crippen molar-refractivity contribution >= 4 is 22.4 Å². The van der Waals surface area contributed by atoms with Gasteiger partial charge in [-0.25, -0.2) is 4.79 Å².